The zero-order valence-corrected chi connectivity index (χ0v) is 11.0. The maximum Gasteiger partial charge on any atom is 0.224 e. The third-order valence-corrected chi connectivity index (χ3v) is 3.18. The summed E-state index contributed by atoms with van der Waals surface area (Å²) in [5, 5.41) is 2.92. The molecule has 0 aliphatic rings. The van der Waals surface area contributed by atoms with E-state index in [2.05, 4.69) is 15.3 Å². The van der Waals surface area contributed by atoms with Gasteiger partial charge in [0, 0.05) is 6.54 Å². The Labute approximate surface area is 116 Å². The average molecular weight is 265 g/mol. The minimum Gasteiger partial charge on any atom is -0.352 e. The molecule has 4 heteroatoms. The van der Waals surface area contributed by atoms with Crippen LogP contribution in [0.5, 0.6) is 0 Å². The Morgan fingerprint density at radius 3 is 2.80 bits per heavy atom. The van der Waals surface area contributed by atoms with Crippen LogP contribution < -0.4 is 5.32 Å². The first-order chi connectivity index (χ1) is 9.81. The highest BCUT2D eigenvalue weighted by atomic mass is 16.1. The molecule has 0 aliphatic carbocycles. The first kappa shape index (κ1) is 12.4. The van der Waals surface area contributed by atoms with Crippen LogP contribution in [-0.2, 0) is 17.8 Å². The quantitative estimate of drug-likeness (QED) is 0.761. The fourth-order valence-corrected chi connectivity index (χ4v) is 2.14. The normalized spacial score (nSPS) is 10.6. The first-order valence-electron chi connectivity index (χ1n) is 6.54. The van der Waals surface area contributed by atoms with Gasteiger partial charge in [-0.1, -0.05) is 36.4 Å². The van der Waals surface area contributed by atoms with Gasteiger partial charge in [-0.2, -0.15) is 0 Å². The van der Waals surface area contributed by atoms with Crippen LogP contribution in [0.4, 0.5) is 0 Å². The zero-order valence-electron chi connectivity index (χ0n) is 11.0. The van der Waals surface area contributed by atoms with Crippen LogP contribution in [-0.4, -0.2) is 15.9 Å². The van der Waals surface area contributed by atoms with Crippen LogP contribution in [0.1, 0.15) is 11.1 Å². The number of carbonyl (C=O) groups excluding carboxylic acids is 1. The molecule has 1 aromatic heterocycles. The van der Waals surface area contributed by atoms with E-state index in [-0.39, 0.29) is 5.91 Å². The van der Waals surface area contributed by atoms with E-state index in [1.54, 1.807) is 6.33 Å². The molecule has 3 rings (SSSR count). The fraction of sp³-hybridized carbons (Fsp3) is 0.125. The third-order valence-electron chi connectivity index (χ3n) is 3.18. The molecule has 0 unspecified atom stereocenters. The maximum atomic E-state index is 11.9. The van der Waals surface area contributed by atoms with Gasteiger partial charge in [0.25, 0.3) is 0 Å². The van der Waals surface area contributed by atoms with Gasteiger partial charge in [-0.15, -0.1) is 0 Å². The van der Waals surface area contributed by atoms with E-state index in [1.807, 2.05) is 48.5 Å². The Kier molecular flexibility index (Phi) is 3.46. The van der Waals surface area contributed by atoms with Crippen LogP contribution >= 0.6 is 0 Å². The molecule has 0 saturated heterocycles. The Bertz CT molecular complexity index is 719. The highest BCUT2D eigenvalue weighted by molar-refractivity contribution is 5.81. The van der Waals surface area contributed by atoms with Crippen molar-refractivity contribution in [2.24, 2.45) is 0 Å². The number of H-pyrrole nitrogens is 1. The second-order valence-corrected chi connectivity index (χ2v) is 4.69. The number of nitrogens with zero attached hydrogens (tertiary/aromatic N) is 1. The maximum absolute atomic E-state index is 11.9. The molecule has 20 heavy (non-hydrogen) atoms. The van der Waals surface area contributed by atoms with Crippen molar-refractivity contribution in [3.05, 3.63) is 66.0 Å². The van der Waals surface area contributed by atoms with Crippen molar-refractivity contribution < 1.29 is 4.79 Å². The van der Waals surface area contributed by atoms with Crippen molar-refractivity contribution in [1.29, 1.82) is 0 Å². The van der Waals surface area contributed by atoms with Crippen LogP contribution in [0.3, 0.4) is 0 Å². The van der Waals surface area contributed by atoms with Gasteiger partial charge in [-0.25, -0.2) is 4.98 Å². The molecule has 0 saturated carbocycles. The summed E-state index contributed by atoms with van der Waals surface area (Å²) in [6, 6.07) is 15.7. The number of aromatic nitrogens is 2. The number of rotatable bonds is 4. The standard InChI is InChI=1S/C16H15N3O/c20-16(17-10-12-4-2-1-3-5-12)9-13-6-7-14-15(8-13)19-11-18-14/h1-8,11H,9-10H2,(H,17,20)(H,18,19). The molecule has 1 amide bonds. The molecule has 0 fully saturated rings. The number of hydrogen-bond acceptors (Lipinski definition) is 2. The summed E-state index contributed by atoms with van der Waals surface area (Å²) >= 11 is 0. The summed E-state index contributed by atoms with van der Waals surface area (Å²) in [4.78, 5) is 19.1. The predicted molar refractivity (Wildman–Crippen MR) is 78.1 cm³/mol. The van der Waals surface area contributed by atoms with Gasteiger partial charge in [0.05, 0.1) is 23.8 Å². The van der Waals surface area contributed by atoms with Crippen molar-refractivity contribution in [3.8, 4) is 0 Å². The van der Waals surface area contributed by atoms with Gasteiger partial charge in [0.1, 0.15) is 0 Å². The number of carbonyl (C=O) groups is 1. The minimum absolute atomic E-state index is 0.0210. The molecule has 0 aliphatic heterocycles. The average Bonchev–Trinajstić information content (AvgIpc) is 2.94. The van der Waals surface area contributed by atoms with E-state index < -0.39 is 0 Å². The number of amides is 1. The molecular weight excluding hydrogens is 250 g/mol. The second kappa shape index (κ2) is 5.57. The molecule has 0 bridgehead atoms. The number of hydrogen-bond donors (Lipinski definition) is 2. The minimum atomic E-state index is 0.0210. The summed E-state index contributed by atoms with van der Waals surface area (Å²) in [7, 11) is 0. The lowest BCUT2D eigenvalue weighted by atomic mass is 10.1. The van der Waals surface area contributed by atoms with Gasteiger partial charge >= 0.3 is 0 Å². The number of benzene rings is 2. The van der Waals surface area contributed by atoms with E-state index in [9.17, 15) is 4.79 Å². The topological polar surface area (TPSA) is 57.8 Å². The first-order valence-corrected chi connectivity index (χ1v) is 6.54. The smallest absolute Gasteiger partial charge is 0.224 e. The molecule has 2 N–H and O–H groups in total. The van der Waals surface area contributed by atoms with E-state index >= 15 is 0 Å². The number of imidazole rings is 1. The van der Waals surface area contributed by atoms with Crippen LogP contribution in [0, 0.1) is 0 Å². The van der Waals surface area contributed by atoms with Gasteiger partial charge in [-0.05, 0) is 23.3 Å². The lowest BCUT2D eigenvalue weighted by molar-refractivity contribution is -0.120. The van der Waals surface area contributed by atoms with Crippen molar-refractivity contribution in [1.82, 2.24) is 15.3 Å². The fourth-order valence-electron chi connectivity index (χ4n) is 2.14. The molecule has 0 atom stereocenters. The molecule has 0 radical (unpaired) electrons. The monoisotopic (exact) mass is 265 g/mol. The Balaban J connectivity index is 1.61. The lowest BCUT2D eigenvalue weighted by Gasteiger charge is -2.05. The largest absolute Gasteiger partial charge is 0.352 e. The van der Waals surface area contributed by atoms with E-state index in [0.29, 0.717) is 13.0 Å². The summed E-state index contributed by atoms with van der Waals surface area (Å²) < 4.78 is 0. The van der Waals surface area contributed by atoms with Crippen LogP contribution in [0.25, 0.3) is 11.0 Å². The summed E-state index contributed by atoms with van der Waals surface area (Å²) in [6.45, 7) is 0.561. The SMILES string of the molecule is O=C(Cc1ccc2nc[nH]c2c1)NCc1ccccc1. The van der Waals surface area contributed by atoms with E-state index in [4.69, 9.17) is 0 Å². The summed E-state index contributed by atoms with van der Waals surface area (Å²) in [6.07, 6.45) is 2.03. The zero-order chi connectivity index (χ0) is 13.8. The highest BCUT2D eigenvalue weighted by Crippen LogP contribution is 2.12. The van der Waals surface area contributed by atoms with E-state index in [1.165, 1.54) is 0 Å². The predicted octanol–water partition coefficient (Wildman–Crippen LogP) is 2.42. The highest BCUT2D eigenvalue weighted by Gasteiger charge is 2.05. The van der Waals surface area contributed by atoms with Crippen LogP contribution in [0.2, 0.25) is 0 Å². The van der Waals surface area contributed by atoms with Crippen LogP contribution in [0.15, 0.2) is 54.9 Å². The van der Waals surface area contributed by atoms with Gasteiger partial charge in [0.2, 0.25) is 5.91 Å². The van der Waals surface area contributed by atoms with Gasteiger partial charge in [0.15, 0.2) is 0 Å². The lowest BCUT2D eigenvalue weighted by Crippen LogP contribution is -2.24. The number of aromatic amines is 1. The van der Waals surface area contributed by atoms with Crippen molar-refractivity contribution in [2.45, 2.75) is 13.0 Å². The van der Waals surface area contributed by atoms with Gasteiger partial charge < -0.3 is 10.3 Å². The molecule has 100 valence electrons. The van der Waals surface area contributed by atoms with Crippen molar-refractivity contribution in [3.63, 3.8) is 0 Å². The van der Waals surface area contributed by atoms with Gasteiger partial charge in [-0.3, -0.25) is 4.79 Å². The molecule has 0 spiro atoms. The summed E-state index contributed by atoms with van der Waals surface area (Å²) in [5.41, 5.74) is 3.95. The molecule has 3 aromatic rings. The second-order valence-electron chi connectivity index (χ2n) is 4.69. The molecule has 2 aromatic carbocycles. The Morgan fingerprint density at radius 2 is 1.95 bits per heavy atom. The summed E-state index contributed by atoms with van der Waals surface area (Å²) in [5.74, 6) is 0.0210. The Morgan fingerprint density at radius 1 is 1.10 bits per heavy atom. The molecular formula is C16H15N3O. The Hall–Kier alpha value is -2.62. The number of fused-ring (bicyclic) bond motifs is 1. The van der Waals surface area contributed by atoms with Crippen molar-refractivity contribution >= 4 is 16.9 Å². The molecule has 1 heterocycles. The third kappa shape index (κ3) is 2.85. The molecule has 4 nitrogen and oxygen atoms in total. The van der Waals surface area contributed by atoms with Crippen molar-refractivity contribution in [2.75, 3.05) is 0 Å². The number of nitrogens with one attached hydrogen (secondary N) is 2. The van der Waals surface area contributed by atoms with E-state index in [0.717, 1.165) is 22.2 Å².